The van der Waals surface area contributed by atoms with Gasteiger partial charge in [-0.1, -0.05) is 0 Å². The number of anilines is 1. The van der Waals surface area contributed by atoms with E-state index in [9.17, 15) is 4.39 Å². The highest BCUT2D eigenvalue weighted by molar-refractivity contribution is 5.81. The van der Waals surface area contributed by atoms with E-state index in [2.05, 4.69) is 5.10 Å². The molecule has 21 heavy (non-hydrogen) atoms. The summed E-state index contributed by atoms with van der Waals surface area (Å²) in [5, 5.41) is 5.43. The molecule has 2 aromatic carbocycles. The molecule has 0 spiro atoms. The van der Waals surface area contributed by atoms with Crippen LogP contribution in [0.1, 0.15) is 5.56 Å². The molecule has 2 heterocycles. The fraction of sp³-hybridized carbons (Fsp3) is 0.188. The van der Waals surface area contributed by atoms with Crippen LogP contribution in [0.25, 0.3) is 10.9 Å². The molecule has 4 nitrogen and oxygen atoms in total. The topological polar surface area (TPSA) is 53.1 Å². The van der Waals surface area contributed by atoms with Gasteiger partial charge in [-0.15, -0.1) is 0 Å². The van der Waals surface area contributed by atoms with Crippen LogP contribution in [0, 0.1) is 5.82 Å². The molecule has 3 aromatic rings. The number of fused-ring (bicyclic) bond motifs is 2. The number of nitrogens with zero attached hydrogens (tertiary/aromatic N) is 2. The number of aromatic nitrogens is 2. The van der Waals surface area contributed by atoms with E-state index < -0.39 is 0 Å². The van der Waals surface area contributed by atoms with Crippen LogP contribution < -0.4 is 10.5 Å². The van der Waals surface area contributed by atoms with E-state index in [0.29, 0.717) is 18.7 Å². The summed E-state index contributed by atoms with van der Waals surface area (Å²) in [6.45, 7) is 0.614. The highest BCUT2D eigenvalue weighted by Crippen LogP contribution is 2.30. The van der Waals surface area contributed by atoms with Crippen LogP contribution in [0.15, 0.2) is 42.6 Å². The zero-order valence-electron chi connectivity index (χ0n) is 11.3. The average molecular weight is 283 g/mol. The molecule has 0 saturated carbocycles. The molecule has 0 bridgehead atoms. The predicted molar refractivity (Wildman–Crippen MR) is 78.7 cm³/mol. The smallest absolute Gasteiger partial charge is 0.123 e. The molecule has 1 unspecified atom stereocenters. The van der Waals surface area contributed by atoms with E-state index in [1.54, 1.807) is 6.07 Å². The zero-order chi connectivity index (χ0) is 14.4. The van der Waals surface area contributed by atoms with Crippen molar-refractivity contribution in [3.63, 3.8) is 0 Å². The van der Waals surface area contributed by atoms with Crippen LogP contribution >= 0.6 is 0 Å². The molecule has 4 rings (SSSR count). The van der Waals surface area contributed by atoms with Gasteiger partial charge in [0, 0.05) is 23.1 Å². The highest BCUT2D eigenvalue weighted by Gasteiger charge is 2.24. The molecule has 0 radical (unpaired) electrons. The number of benzene rings is 2. The van der Waals surface area contributed by atoms with Gasteiger partial charge in [-0.05, 0) is 36.4 Å². The lowest BCUT2D eigenvalue weighted by Gasteiger charge is -2.11. The Balaban J connectivity index is 1.61. The minimum atomic E-state index is -0.227. The third kappa shape index (κ3) is 2.11. The summed E-state index contributed by atoms with van der Waals surface area (Å²) in [7, 11) is 0. The van der Waals surface area contributed by atoms with Crippen molar-refractivity contribution in [1.82, 2.24) is 9.78 Å². The monoisotopic (exact) mass is 283 g/mol. The lowest BCUT2D eigenvalue weighted by Crippen LogP contribution is -2.21. The second-order valence-corrected chi connectivity index (χ2v) is 5.34. The number of halogens is 1. The van der Waals surface area contributed by atoms with E-state index in [0.717, 1.165) is 22.2 Å². The molecule has 1 aliphatic rings. The Morgan fingerprint density at radius 3 is 3.10 bits per heavy atom. The van der Waals surface area contributed by atoms with Crippen LogP contribution in [0.2, 0.25) is 0 Å². The number of ether oxygens (including phenoxy) is 1. The van der Waals surface area contributed by atoms with Crippen molar-refractivity contribution in [2.75, 3.05) is 5.73 Å². The van der Waals surface area contributed by atoms with Crippen molar-refractivity contribution < 1.29 is 9.13 Å². The Kier molecular flexibility index (Phi) is 2.60. The molecule has 0 aliphatic carbocycles. The summed E-state index contributed by atoms with van der Waals surface area (Å²) >= 11 is 0. The first-order chi connectivity index (χ1) is 10.2. The normalized spacial score (nSPS) is 16.9. The van der Waals surface area contributed by atoms with E-state index in [-0.39, 0.29) is 11.9 Å². The van der Waals surface area contributed by atoms with Crippen molar-refractivity contribution >= 4 is 16.6 Å². The van der Waals surface area contributed by atoms with Crippen molar-refractivity contribution in [1.29, 1.82) is 0 Å². The Morgan fingerprint density at radius 2 is 2.19 bits per heavy atom. The van der Waals surface area contributed by atoms with Gasteiger partial charge in [0.25, 0.3) is 0 Å². The Hall–Kier alpha value is -2.56. The quantitative estimate of drug-likeness (QED) is 0.736. The molecule has 0 saturated heterocycles. The maximum absolute atomic E-state index is 13.2. The largest absolute Gasteiger partial charge is 0.488 e. The maximum atomic E-state index is 13.2. The van der Waals surface area contributed by atoms with Crippen LogP contribution in [0.5, 0.6) is 5.75 Å². The summed E-state index contributed by atoms with van der Waals surface area (Å²) in [6.07, 6.45) is 2.47. The van der Waals surface area contributed by atoms with Crippen LogP contribution in [-0.2, 0) is 13.0 Å². The number of hydrogen-bond acceptors (Lipinski definition) is 3. The molecular formula is C16H14FN3O. The fourth-order valence-electron chi connectivity index (χ4n) is 2.82. The standard InChI is InChI=1S/C16H14FN3O/c17-12-2-4-16-11(5-12)6-14(21-16)9-20-15-7-13(18)3-1-10(15)8-19-20/h1-5,7-8,14H,6,9,18H2. The van der Waals surface area contributed by atoms with Gasteiger partial charge in [-0.2, -0.15) is 5.10 Å². The fourth-order valence-corrected chi connectivity index (χ4v) is 2.82. The van der Waals surface area contributed by atoms with E-state index in [1.807, 2.05) is 29.1 Å². The van der Waals surface area contributed by atoms with E-state index in [4.69, 9.17) is 10.5 Å². The van der Waals surface area contributed by atoms with Crippen LogP contribution in [-0.4, -0.2) is 15.9 Å². The Labute approximate surface area is 120 Å². The SMILES string of the molecule is Nc1ccc2cnn(CC3Cc4cc(F)ccc4O3)c2c1. The molecule has 0 fully saturated rings. The average Bonchev–Trinajstić information content (AvgIpc) is 3.02. The molecule has 106 valence electrons. The molecule has 5 heteroatoms. The van der Waals surface area contributed by atoms with Crippen molar-refractivity contribution in [2.45, 2.75) is 19.1 Å². The summed E-state index contributed by atoms with van der Waals surface area (Å²) in [5.74, 6) is 0.535. The first kappa shape index (κ1) is 12.2. The molecule has 1 aromatic heterocycles. The van der Waals surface area contributed by atoms with Gasteiger partial charge >= 0.3 is 0 Å². The Bertz CT molecular complexity index is 828. The van der Waals surface area contributed by atoms with Crippen molar-refractivity contribution in [3.05, 3.63) is 54.0 Å². The van der Waals surface area contributed by atoms with Crippen molar-refractivity contribution in [3.8, 4) is 5.75 Å². The molecule has 0 amide bonds. The number of nitrogen functional groups attached to an aromatic ring is 1. The predicted octanol–water partition coefficient (Wildman–Crippen LogP) is 2.76. The summed E-state index contributed by atoms with van der Waals surface area (Å²) in [6, 6.07) is 10.4. The minimum Gasteiger partial charge on any atom is -0.488 e. The van der Waals surface area contributed by atoms with Crippen LogP contribution in [0.4, 0.5) is 10.1 Å². The van der Waals surface area contributed by atoms with Gasteiger partial charge in [0.15, 0.2) is 0 Å². The third-order valence-electron chi connectivity index (χ3n) is 3.81. The van der Waals surface area contributed by atoms with E-state index >= 15 is 0 Å². The molecule has 1 atom stereocenters. The first-order valence-corrected chi connectivity index (χ1v) is 6.85. The lowest BCUT2D eigenvalue weighted by atomic mass is 10.1. The maximum Gasteiger partial charge on any atom is 0.123 e. The number of nitrogens with two attached hydrogens (primary N) is 1. The van der Waals surface area contributed by atoms with Gasteiger partial charge in [-0.3, -0.25) is 4.68 Å². The highest BCUT2D eigenvalue weighted by atomic mass is 19.1. The third-order valence-corrected chi connectivity index (χ3v) is 3.81. The molecular weight excluding hydrogens is 269 g/mol. The van der Waals surface area contributed by atoms with Gasteiger partial charge in [0.05, 0.1) is 18.3 Å². The van der Waals surface area contributed by atoms with E-state index in [1.165, 1.54) is 12.1 Å². The number of hydrogen-bond donors (Lipinski definition) is 1. The summed E-state index contributed by atoms with van der Waals surface area (Å²) in [5.41, 5.74) is 8.44. The molecule has 1 aliphatic heterocycles. The van der Waals surface area contributed by atoms with Gasteiger partial charge in [0.1, 0.15) is 17.7 Å². The first-order valence-electron chi connectivity index (χ1n) is 6.85. The van der Waals surface area contributed by atoms with Crippen molar-refractivity contribution in [2.24, 2.45) is 0 Å². The van der Waals surface area contributed by atoms with Gasteiger partial charge in [0.2, 0.25) is 0 Å². The summed E-state index contributed by atoms with van der Waals surface area (Å²) in [4.78, 5) is 0. The second kappa shape index (κ2) is 4.48. The summed E-state index contributed by atoms with van der Waals surface area (Å²) < 4.78 is 21.0. The number of rotatable bonds is 2. The lowest BCUT2D eigenvalue weighted by molar-refractivity contribution is 0.205. The van der Waals surface area contributed by atoms with Gasteiger partial charge in [-0.25, -0.2) is 4.39 Å². The van der Waals surface area contributed by atoms with Crippen LogP contribution in [0.3, 0.4) is 0 Å². The zero-order valence-corrected chi connectivity index (χ0v) is 11.3. The minimum absolute atomic E-state index is 0.0358. The second-order valence-electron chi connectivity index (χ2n) is 5.34. The molecule has 2 N–H and O–H groups in total. The van der Waals surface area contributed by atoms with Gasteiger partial charge < -0.3 is 10.5 Å². The Morgan fingerprint density at radius 1 is 1.29 bits per heavy atom.